The van der Waals surface area contributed by atoms with Crippen molar-refractivity contribution in [3.63, 3.8) is 0 Å². The van der Waals surface area contributed by atoms with Gasteiger partial charge in [-0.1, -0.05) is 6.42 Å². The van der Waals surface area contributed by atoms with E-state index in [0.717, 1.165) is 13.0 Å². The van der Waals surface area contributed by atoms with E-state index in [0.29, 0.717) is 18.6 Å². The molecule has 0 bridgehead atoms. The second-order valence-electron chi connectivity index (χ2n) is 4.95. The summed E-state index contributed by atoms with van der Waals surface area (Å²) >= 11 is 0. The van der Waals surface area contributed by atoms with Gasteiger partial charge in [0.25, 0.3) is 0 Å². The summed E-state index contributed by atoms with van der Waals surface area (Å²) < 4.78 is 0. The van der Waals surface area contributed by atoms with Crippen molar-refractivity contribution in [2.45, 2.75) is 44.7 Å². The van der Waals surface area contributed by atoms with Gasteiger partial charge in [0.05, 0.1) is 6.54 Å². The second kappa shape index (κ2) is 6.86. The van der Waals surface area contributed by atoms with Gasteiger partial charge in [0, 0.05) is 26.2 Å². The molecule has 0 aromatic carbocycles. The summed E-state index contributed by atoms with van der Waals surface area (Å²) in [4.78, 5) is 13.0. The molecule has 1 fully saturated rings. The highest BCUT2D eigenvalue weighted by Crippen LogP contribution is 2.11. The molecule has 0 aromatic rings. The zero-order valence-corrected chi connectivity index (χ0v) is 10.8. The molecule has 2 N–H and O–H groups in total. The highest BCUT2D eigenvalue weighted by atomic mass is 16.2. The van der Waals surface area contributed by atoms with Crippen LogP contribution in [0, 0.1) is 0 Å². The highest BCUT2D eigenvalue weighted by molar-refractivity contribution is 5.77. The van der Waals surface area contributed by atoms with Crippen molar-refractivity contribution in [3.8, 4) is 0 Å². The summed E-state index contributed by atoms with van der Waals surface area (Å²) in [7, 11) is 3.58. The van der Waals surface area contributed by atoms with Crippen LogP contribution in [-0.4, -0.2) is 50.1 Å². The standard InChI is InChI=1S/C12H25N3O/c1-10(14-9-12(16)15(2)3)8-11-6-4-5-7-13-11/h10-11,13-14H,4-9H2,1-3H3. The number of rotatable bonds is 5. The van der Waals surface area contributed by atoms with Gasteiger partial charge >= 0.3 is 0 Å². The average Bonchev–Trinajstić information content (AvgIpc) is 2.27. The number of nitrogens with zero attached hydrogens (tertiary/aromatic N) is 1. The Morgan fingerprint density at radius 1 is 1.50 bits per heavy atom. The molecule has 16 heavy (non-hydrogen) atoms. The molecule has 1 heterocycles. The van der Waals surface area contributed by atoms with Gasteiger partial charge in [-0.2, -0.15) is 0 Å². The topological polar surface area (TPSA) is 44.4 Å². The maximum absolute atomic E-state index is 11.4. The van der Waals surface area contributed by atoms with E-state index in [9.17, 15) is 4.79 Å². The highest BCUT2D eigenvalue weighted by Gasteiger charge is 2.16. The first-order valence-electron chi connectivity index (χ1n) is 6.26. The maximum Gasteiger partial charge on any atom is 0.236 e. The minimum Gasteiger partial charge on any atom is -0.348 e. The smallest absolute Gasteiger partial charge is 0.236 e. The van der Waals surface area contributed by atoms with E-state index in [1.807, 2.05) is 0 Å². The number of hydrogen-bond donors (Lipinski definition) is 2. The molecule has 4 heteroatoms. The molecule has 94 valence electrons. The van der Waals surface area contributed by atoms with Gasteiger partial charge in [-0.3, -0.25) is 4.79 Å². The lowest BCUT2D eigenvalue weighted by Gasteiger charge is -2.26. The van der Waals surface area contributed by atoms with Crippen LogP contribution in [0.3, 0.4) is 0 Å². The Morgan fingerprint density at radius 3 is 2.81 bits per heavy atom. The molecule has 0 aromatic heterocycles. The third-order valence-corrected chi connectivity index (χ3v) is 3.15. The monoisotopic (exact) mass is 227 g/mol. The van der Waals surface area contributed by atoms with Crippen LogP contribution in [-0.2, 0) is 4.79 Å². The molecular weight excluding hydrogens is 202 g/mol. The van der Waals surface area contributed by atoms with Gasteiger partial charge in [0.15, 0.2) is 0 Å². The number of nitrogens with one attached hydrogen (secondary N) is 2. The van der Waals surface area contributed by atoms with Crippen LogP contribution in [0.25, 0.3) is 0 Å². The van der Waals surface area contributed by atoms with E-state index in [4.69, 9.17) is 0 Å². The molecule has 2 atom stereocenters. The summed E-state index contributed by atoms with van der Waals surface area (Å²) in [6.07, 6.45) is 5.02. The van der Waals surface area contributed by atoms with Gasteiger partial charge in [-0.15, -0.1) is 0 Å². The first-order chi connectivity index (χ1) is 7.59. The fourth-order valence-electron chi connectivity index (χ4n) is 2.05. The first-order valence-corrected chi connectivity index (χ1v) is 6.26. The van der Waals surface area contributed by atoms with E-state index in [-0.39, 0.29) is 5.91 Å². The van der Waals surface area contributed by atoms with E-state index in [2.05, 4.69) is 17.6 Å². The quantitative estimate of drug-likeness (QED) is 0.722. The minimum atomic E-state index is 0.142. The van der Waals surface area contributed by atoms with Crippen molar-refractivity contribution in [2.75, 3.05) is 27.2 Å². The first kappa shape index (κ1) is 13.5. The van der Waals surface area contributed by atoms with Crippen LogP contribution < -0.4 is 10.6 Å². The lowest BCUT2D eigenvalue weighted by Crippen LogP contribution is -2.42. The summed E-state index contributed by atoms with van der Waals surface area (Å²) in [5, 5.41) is 6.80. The Hall–Kier alpha value is -0.610. The Balaban J connectivity index is 2.14. The van der Waals surface area contributed by atoms with Crippen LogP contribution in [0.2, 0.25) is 0 Å². The van der Waals surface area contributed by atoms with Crippen molar-refractivity contribution in [2.24, 2.45) is 0 Å². The third-order valence-electron chi connectivity index (χ3n) is 3.15. The molecule has 0 saturated carbocycles. The third kappa shape index (κ3) is 4.94. The summed E-state index contributed by atoms with van der Waals surface area (Å²) in [6, 6.07) is 1.03. The Bertz CT molecular complexity index is 212. The van der Waals surface area contributed by atoms with E-state index in [1.165, 1.54) is 19.3 Å². The molecule has 0 radical (unpaired) electrons. The molecule has 4 nitrogen and oxygen atoms in total. The number of hydrogen-bond acceptors (Lipinski definition) is 3. The Labute approximate surface area is 98.8 Å². The fraction of sp³-hybridized carbons (Fsp3) is 0.917. The van der Waals surface area contributed by atoms with Crippen molar-refractivity contribution < 1.29 is 4.79 Å². The zero-order valence-electron chi connectivity index (χ0n) is 10.8. The van der Waals surface area contributed by atoms with Crippen LogP contribution in [0.4, 0.5) is 0 Å². The predicted octanol–water partition coefficient (Wildman–Crippen LogP) is 0.585. The number of piperidine rings is 1. The van der Waals surface area contributed by atoms with E-state index in [1.54, 1.807) is 19.0 Å². The Kier molecular flexibility index (Phi) is 5.77. The molecule has 2 unspecified atom stereocenters. The Morgan fingerprint density at radius 2 is 2.25 bits per heavy atom. The summed E-state index contributed by atoms with van der Waals surface area (Å²) in [5.41, 5.74) is 0. The van der Waals surface area contributed by atoms with Gasteiger partial charge < -0.3 is 15.5 Å². The normalized spacial score (nSPS) is 22.8. The van der Waals surface area contributed by atoms with Gasteiger partial charge in [0.1, 0.15) is 0 Å². The minimum absolute atomic E-state index is 0.142. The maximum atomic E-state index is 11.4. The SMILES string of the molecule is CC(CC1CCCCN1)NCC(=O)N(C)C. The van der Waals surface area contributed by atoms with Gasteiger partial charge in [-0.05, 0) is 32.7 Å². The van der Waals surface area contributed by atoms with Crippen molar-refractivity contribution in [3.05, 3.63) is 0 Å². The molecule has 1 saturated heterocycles. The summed E-state index contributed by atoms with van der Waals surface area (Å²) in [6.45, 7) is 3.74. The zero-order chi connectivity index (χ0) is 12.0. The largest absolute Gasteiger partial charge is 0.348 e. The number of carbonyl (C=O) groups is 1. The fourth-order valence-corrected chi connectivity index (χ4v) is 2.05. The molecule has 1 aliphatic rings. The molecule has 1 aliphatic heterocycles. The van der Waals surface area contributed by atoms with Crippen molar-refractivity contribution >= 4 is 5.91 Å². The molecule has 0 spiro atoms. The van der Waals surface area contributed by atoms with Crippen molar-refractivity contribution in [1.82, 2.24) is 15.5 Å². The van der Waals surface area contributed by atoms with Crippen LogP contribution >= 0.6 is 0 Å². The molecule has 1 amide bonds. The molecule has 1 rings (SSSR count). The average molecular weight is 227 g/mol. The predicted molar refractivity (Wildman–Crippen MR) is 66.4 cm³/mol. The number of amides is 1. The summed E-state index contributed by atoms with van der Waals surface area (Å²) in [5.74, 6) is 0.142. The van der Waals surface area contributed by atoms with E-state index < -0.39 is 0 Å². The van der Waals surface area contributed by atoms with E-state index >= 15 is 0 Å². The number of likely N-dealkylation sites (N-methyl/N-ethyl adjacent to an activating group) is 1. The number of carbonyl (C=O) groups excluding carboxylic acids is 1. The van der Waals surface area contributed by atoms with Crippen LogP contribution in [0.15, 0.2) is 0 Å². The lowest BCUT2D eigenvalue weighted by atomic mass is 9.99. The molecular formula is C12H25N3O. The van der Waals surface area contributed by atoms with Crippen LogP contribution in [0.1, 0.15) is 32.6 Å². The van der Waals surface area contributed by atoms with Crippen molar-refractivity contribution in [1.29, 1.82) is 0 Å². The van der Waals surface area contributed by atoms with Gasteiger partial charge in [-0.25, -0.2) is 0 Å². The van der Waals surface area contributed by atoms with Gasteiger partial charge in [0.2, 0.25) is 5.91 Å². The molecule has 0 aliphatic carbocycles. The second-order valence-corrected chi connectivity index (χ2v) is 4.95. The lowest BCUT2D eigenvalue weighted by molar-refractivity contribution is -0.127. The van der Waals surface area contributed by atoms with Crippen LogP contribution in [0.5, 0.6) is 0 Å².